The van der Waals surface area contributed by atoms with Crippen LogP contribution in [0.15, 0.2) is 11.8 Å². The summed E-state index contributed by atoms with van der Waals surface area (Å²) in [7, 11) is -1.05. The van der Waals surface area contributed by atoms with Crippen LogP contribution < -0.4 is 5.32 Å². The summed E-state index contributed by atoms with van der Waals surface area (Å²) < 4.78 is 23.3. The molecular weight excluding hydrogens is 456 g/mol. The molecule has 0 bridgehead atoms. The SMILES string of the molecule is COC(=O)/C(=C/CC(O[Si](C)(C)C(C)(C)C)[C@H]1COC(C)(C)N1C(=O)OC(C)(C)C)NC(C)=O. The van der Waals surface area contributed by atoms with E-state index in [0.29, 0.717) is 0 Å². The molecular formula is C24H44N2O7Si. The van der Waals surface area contributed by atoms with E-state index in [-0.39, 0.29) is 29.7 Å². The highest BCUT2D eigenvalue weighted by Crippen LogP contribution is 2.40. The maximum atomic E-state index is 13.2. The smallest absolute Gasteiger partial charge is 0.412 e. The van der Waals surface area contributed by atoms with E-state index in [1.54, 1.807) is 11.0 Å². The quantitative estimate of drug-likeness (QED) is 0.315. The van der Waals surface area contributed by atoms with Crippen LogP contribution in [0, 0.1) is 0 Å². The van der Waals surface area contributed by atoms with Crippen LogP contribution in [0.1, 0.15) is 68.7 Å². The number of hydrogen-bond donors (Lipinski definition) is 1. The lowest BCUT2D eigenvalue weighted by Gasteiger charge is -2.43. The van der Waals surface area contributed by atoms with Crippen LogP contribution >= 0.6 is 0 Å². The number of esters is 1. The Morgan fingerprint density at radius 3 is 2.18 bits per heavy atom. The molecule has 0 saturated carbocycles. The number of amides is 2. The first-order valence-electron chi connectivity index (χ1n) is 11.6. The summed E-state index contributed by atoms with van der Waals surface area (Å²) in [6.45, 7) is 21.3. The number of ether oxygens (including phenoxy) is 3. The third-order valence-electron chi connectivity index (χ3n) is 6.06. The van der Waals surface area contributed by atoms with Crippen LogP contribution in [0.25, 0.3) is 0 Å². The molecule has 0 aromatic carbocycles. The van der Waals surface area contributed by atoms with Gasteiger partial charge in [0.15, 0.2) is 8.32 Å². The zero-order valence-electron chi connectivity index (χ0n) is 23.0. The van der Waals surface area contributed by atoms with Crippen molar-refractivity contribution in [1.29, 1.82) is 0 Å². The maximum Gasteiger partial charge on any atom is 0.412 e. The van der Waals surface area contributed by atoms with Gasteiger partial charge in [-0.3, -0.25) is 9.69 Å². The topological polar surface area (TPSA) is 103 Å². The molecule has 0 aliphatic carbocycles. The molecule has 0 aromatic rings. The fourth-order valence-electron chi connectivity index (χ4n) is 3.33. The van der Waals surface area contributed by atoms with Gasteiger partial charge in [-0.1, -0.05) is 26.8 Å². The van der Waals surface area contributed by atoms with Crippen LogP contribution in [-0.4, -0.2) is 68.4 Å². The van der Waals surface area contributed by atoms with Crippen LogP contribution in [0.4, 0.5) is 4.79 Å². The Bertz CT molecular complexity index is 794. The van der Waals surface area contributed by atoms with E-state index in [0.717, 1.165) is 0 Å². The molecule has 1 aliphatic heterocycles. The minimum atomic E-state index is -2.30. The number of nitrogens with zero attached hydrogens (tertiary/aromatic N) is 1. The Morgan fingerprint density at radius 1 is 1.18 bits per heavy atom. The van der Waals surface area contributed by atoms with Gasteiger partial charge in [0, 0.05) is 6.92 Å². The normalized spacial score (nSPS) is 20.1. The third kappa shape index (κ3) is 8.09. The van der Waals surface area contributed by atoms with Crippen LogP contribution in [0.2, 0.25) is 18.1 Å². The zero-order valence-corrected chi connectivity index (χ0v) is 24.0. The van der Waals surface area contributed by atoms with Crippen molar-refractivity contribution in [1.82, 2.24) is 10.2 Å². The number of carbonyl (C=O) groups excluding carboxylic acids is 3. The van der Waals surface area contributed by atoms with Gasteiger partial charge in [-0.05, 0) is 59.2 Å². The van der Waals surface area contributed by atoms with Crippen LogP contribution in [0.3, 0.4) is 0 Å². The first kappa shape index (κ1) is 30.1. The number of carbonyl (C=O) groups is 3. The van der Waals surface area contributed by atoms with Crippen molar-refractivity contribution in [2.24, 2.45) is 0 Å². The zero-order chi connectivity index (χ0) is 26.7. The largest absolute Gasteiger partial charge is 0.464 e. The van der Waals surface area contributed by atoms with Crippen molar-refractivity contribution in [3.8, 4) is 0 Å². The molecule has 1 aliphatic rings. The molecule has 0 aromatic heterocycles. The van der Waals surface area contributed by atoms with Gasteiger partial charge in [0.2, 0.25) is 5.91 Å². The number of methoxy groups -OCH3 is 1. The van der Waals surface area contributed by atoms with Crippen molar-refractivity contribution < 1.29 is 33.0 Å². The second-order valence-corrected chi connectivity index (χ2v) is 16.4. The van der Waals surface area contributed by atoms with Crippen molar-refractivity contribution in [3.05, 3.63) is 11.8 Å². The molecule has 1 saturated heterocycles. The highest BCUT2D eigenvalue weighted by Gasteiger charge is 2.51. The van der Waals surface area contributed by atoms with Gasteiger partial charge in [-0.2, -0.15) is 0 Å². The Labute approximate surface area is 205 Å². The first-order valence-corrected chi connectivity index (χ1v) is 14.5. The fraction of sp³-hybridized carbons (Fsp3) is 0.792. The minimum absolute atomic E-state index is 0.0285. The molecule has 196 valence electrons. The molecule has 1 rings (SSSR count). The summed E-state index contributed by atoms with van der Waals surface area (Å²) in [5.74, 6) is -1.05. The Hall–Kier alpha value is -1.91. The standard InChI is InChI=1S/C24H44N2O7Si/c1-16(27)25-17(20(28)30-10)13-14-19(33-34(11,12)23(5,6)7)18-15-31-24(8,9)26(18)21(29)32-22(2,3)4/h13,18-19H,14-15H2,1-12H3,(H,25,27)/b17-13-/t18-,19?/m1/s1. The molecule has 34 heavy (non-hydrogen) atoms. The predicted octanol–water partition coefficient (Wildman–Crippen LogP) is 4.33. The van der Waals surface area contributed by atoms with Gasteiger partial charge < -0.3 is 24.0 Å². The fourth-order valence-corrected chi connectivity index (χ4v) is 4.69. The van der Waals surface area contributed by atoms with Gasteiger partial charge in [-0.15, -0.1) is 0 Å². The highest BCUT2D eigenvalue weighted by molar-refractivity contribution is 6.74. The second-order valence-electron chi connectivity index (χ2n) is 11.6. The Kier molecular flexibility index (Phi) is 9.55. The predicted molar refractivity (Wildman–Crippen MR) is 132 cm³/mol. The Morgan fingerprint density at radius 2 is 1.74 bits per heavy atom. The lowest BCUT2D eigenvalue weighted by atomic mass is 10.1. The van der Waals surface area contributed by atoms with E-state index in [4.69, 9.17) is 18.6 Å². The Balaban J connectivity index is 3.45. The second kappa shape index (κ2) is 10.8. The monoisotopic (exact) mass is 500 g/mol. The maximum absolute atomic E-state index is 13.2. The molecule has 9 nitrogen and oxygen atoms in total. The van der Waals surface area contributed by atoms with E-state index in [2.05, 4.69) is 39.2 Å². The number of nitrogens with one attached hydrogen (secondary N) is 1. The van der Waals surface area contributed by atoms with Gasteiger partial charge in [0.25, 0.3) is 0 Å². The summed E-state index contributed by atoms with van der Waals surface area (Å²) >= 11 is 0. The highest BCUT2D eigenvalue weighted by atomic mass is 28.4. The molecule has 2 amide bonds. The van der Waals surface area contributed by atoms with E-state index in [1.165, 1.54) is 14.0 Å². The summed E-state index contributed by atoms with van der Waals surface area (Å²) in [4.78, 5) is 38.6. The summed E-state index contributed by atoms with van der Waals surface area (Å²) in [5, 5.41) is 2.42. The van der Waals surface area contributed by atoms with Crippen molar-refractivity contribution >= 4 is 26.3 Å². The molecule has 1 N–H and O–H groups in total. The van der Waals surface area contributed by atoms with Crippen LogP contribution in [0.5, 0.6) is 0 Å². The molecule has 1 fully saturated rings. The number of hydrogen-bond acceptors (Lipinski definition) is 7. The molecule has 1 heterocycles. The molecule has 2 atom stereocenters. The first-order chi connectivity index (χ1) is 15.2. The summed E-state index contributed by atoms with van der Waals surface area (Å²) in [5.41, 5.74) is -1.56. The number of rotatable bonds is 7. The lowest BCUT2D eigenvalue weighted by Crippen LogP contribution is -2.56. The van der Waals surface area contributed by atoms with Gasteiger partial charge in [0.05, 0.1) is 25.9 Å². The van der Waals surface area contributed by atoms with Crippen molar-refractivity contribution in [2.75, 3.05) is 13.7 Å². The minimum Gasteiger partial charge on any atom is -0.464 e. The molecule has 0 radical (unpaired) electrons. The van der Waals surface area contributed by atoms with E-state index in [9.17, 15) is 14.4 Å². The third-order valence-corrected chi connectivity index (χ3v) is 10.6. The van der Waals surface area contributed by atoms with Gasteiger partial charge in [-0.25, -0.2) is 9.59 Å². The van der Waals surface area contributed by atoms with Crippen molar-refractivity contribution in [3.63, 3.8) is 0 Å². The van der Waals surface area contributed by atoms with Crippen LogP contribution in [-0.2, 0) is 28.2 Å². The molecule has 10 heteroatoms. The summed E-state index contributed by atoms with van der Waals surface area (Å²) in [6, 6.07) is -0.466. The van der Waals surface area contributed by atoms with Gasteiger partial charge >= 0.3 is 12.1 Å². The average Bonchev–Trinajstić information content (AvgIpc) is 2.95. The lowest BCUT2D eigenvalue weighted by molar-refractivity contribution is -0.137. The molecule has 1 unspecified atom stereocenters. The van der Waals surface area contributed by atoms with E-state index in [1.807, 2.05) is 34.6 Å². The van der Waals surface area contributed by atoms with Gasteiger partial charge in [0.1, 0.15) is 17.0 Å². The average molecular weight is 501 g/mol. The van der Waals surface area contributed by atoms with E-state index >= 15 is 0 Å². The van der Waals surface area contributed by atoms with Crippen molar-refractivity contribution in [2.45, 2.75) is 110 Å². The van der Waals surface area contributed by atoms with E-state index < -0.39 is 43.9 Å². The summed E-state index contributed by atoms with van der Waals surface area (Å²) in [6.07, 6.45) is 0.830. The molecule has 0 spiro atoms.